The quantitative estimate of drug-likeness (QED) is 0.128. The van der Waals surface area contributed by atoms with Gasteiger partial charge in [0.25, 0.3) is 13.4 Å². The van der Waals surface area contributed by atoms with Gasteiger partial charge in [-0.05, 0) is 126 Å². The molecule has 4 aliphatic heterocycles. The summed E-state index contributed by atoms with van der Waals surface area (Å²) in [4.78, 5) is 0. The fourth-order valence-corrected chi connectivity index (χ4v) is 16.9. The first-order valence-corrected chi connectivity index (χ1v) is 29.9. The summed E-state index contributed by atoms with van der Waals surface area (Å²) in [5.41, 5.74) is 21.3. The maximum atomic E-state index is 7.56. The van der Waals surface area contributed by atoms with E-state index in [0.29, 0.717) is 0 Å². The summed E-state index contributed by atoms with van der Waals surface area (Å²) < 4.78 is 25.0. The van der Waals surface area contributed by atoms with Gasteiger partial charge in [-0.3, -0.25) is 0 Å². The van der Waals surface area contributed by atoms with Crippen molar-refractivity contribution in [1.29, 1.82) is 0 Å². The molecule has 392 valence electrons. The van der Waals surface area contributed by atoms with Gasteiger partial charge in [-0.25, -0.2) is 0 Å². The summed E-state index contributed by atoms with van der Waals surface area (Å²) in [5, 5.41) is 17.0. The zero-order chi connectivity index (χ0) is 55.4. The number of rotatable bonds is 2. The van der Waals surface area contributed by atoms with Gasteiger partial charge in [0.05, 0.1) is 44.5 Å². The molecule has 6 nitrogen and oxygen atoms in total. The third kappa shape index (κ3) is 5.31. The van der Waals surface area contributed by atoms with E-state index in [1.54, 1.807) is 0 Å². The highest BCUT2D eigenvalue weighted by molar-refractivity contribution is 7.00. The topological polar surface area (TPSA) is 38.2 Å². The van der Waals surface area contributed by atoms with Crippen molar-refractivity contribution in [2.75, 3.05) is 0 Å². The van der Waals surface area contributed by atoms with Crippen LogP contribution in [-0.4, -0.2) is 31.7 Å². The van der Waals surface area contributed by atoms with Crippen LogP contribution in [0.3, 0.4) is 0 Å². The monoisotopic (exact) mass is 1090 g/mol. The zero-order valence-electron chi connectivity index (χ0n) is 46.0. The molecule has 4 aromatic heterocycles. The maximum absolute atomic E-state index is 7.56. The van der Waals surface area contributed by atoms with Crippen molar-refractivity contribution in [3.05, 3.63) is 255 Å². The van der Waals surface area contributed by atoms with Gasteiger partial charge in [-0.2, -0.15) is 0 Å². The molecule has 0 N–H and O–H groups in total. The Morgan fingerprint density at radius 3 is 0.895 bits per heavy atom. The van der Waals surface area contributed by atoms with E-state index in [-0.39, 0.29) is 13.4 Å². The van der Waals surface area contributed by atoms with E-state index < -0.39 is 0 Å². The first kappa shape index (κ1) is 44.4. The molecule has 22 rings (SSSR count). The summed E-state index contributed by atoms with van der Waals surface area (Å²) in [6.45, 7) is -0.223. The highest BCUT2D eigenvalue weighted by Gasteiger charge is 2.44. The number of hydrogen-bond donors (Lipinski definition) is 0. The van der Waals surface area contributed by atoms with Crippen LogP contribution >= 0.6 is 0 Å². The average Bonchev–Trinajstić information content (AvgIpc) is 1.36. The van der Waals surface area contributed by atoms with E-state index in [1.807, 2.05) is 0 Å². The van der Waals surface area contributed by atoms with Crippen LogP contribution in [0.25, 0.3) is 142 Å². The molecule has 14 aromatic carbocycles. The largest absolute Gasteiger partial charge is 0.458 e. The molecule has 86 heavy (non-hydrogen) atoms. The van der Waals surface area contributed by atoms with Crippen LogP contribution in [0, 0.1) is 0 Å². The minimum atomic E-state index is -0.112. The molecule has 8 heterocycles. The van der Waals surface area contributed by atoms with Gasteiger partial charge in [-0.1, -0.05) is 182 Å². The molecule has 0 saturated heterocycles. The molecule has 8 heteroatoms. The summed E-state index contributed by atoms with van der Waals surface area (Å²) in [6.07, 6.45) is 0. The Balaban J connectivity index is 0.820. The van der Waals surface area contributed by atoms with Gasteiger partial charge >= 0.3 is 0 Å². The lowest BCUT2D eigenvalue weighted by atomic mass is 9.34. The standard InChI is InChI=1S/C78H42B2N4O2/c1-2-18-46-45(17-1)57-41-71-61(79-59-27-15-25-53-51-23-7-13-33-67(51)83(77(53)59)69-35-43(37-73(85-71)75(69)79)81-63-29-9-3-19-47(63)48-20-4-10-30-64(48)81)39-55(57)56-40-62-72(42-58(46)56)86-74-38-44(82-65-31-11-5-21-49(65)50-22-6-12-32-66(50)82)36-70-76(74)80(62)60-28-16-26-54-52-24-8-14-34-68(52)84(70)78(54)60/h1-42H. The second-order valence-corrected chi connectivity index (χ2v) is 24.2. The lowest BCUT2D eigenvalue weighted by Crippen LogP contribution is -2.58. The second kappa shape index (κ2) is 15.5. The number of hydrogen-bond acceptors (Lipinski definition) is 2. The lowest BCUT2D eigenvalue weighted by Gasteiger charge is -2.35. The molecule has 0 radical (unpaired) electrons. The molecular formula is C78H42B2N4O2. The molecule has 4 aliphatic rings. The van der Waals surface area contributed by atoms with Crippen molar-refractivity contribution >= 4 is 166 Å². The van der Waals surface area contributed by atoms with Crippen molar-refractivity contribution < 1.29 is 9.47 Å². The fourth-order valence-electron chi connectivity index (χ4n) is 16.9. The van der Waals surface area contributed by atoms with Gasteiger partial charge in [-0.15, -0.1) is 0 Å². The first-order valence-electron chi connectivity index (χ1n) is 29.9. The van der Waals surface area contributed by atoms with Crippen molar-refractivity contribution in [3.8, 4) is 45.7 Å². The van der Waals surface area contributed by atoms with Crippen LogP contribution in [0.4, 0.5) is 0 Å². The van der Waals surface area contributed by atoms with E-state index in [9.17, 15) is 0 Å². The van der Waals surface area contributed by atoms with Crippen LogP contribution in [0.2, 0.25) is 0 Å². The second-order valence-electron chi connectivity index (χ2n) is 24.2. The van der Waals surface area contributed by atoms with Gasteiger partial charge in [0.1, 0.15) is 23.0 Å². The summed E-state index contributed by atoms with van der Waals surface area (Å²) >= 11 is 0. The van der Waals surface area contributed by atoms with Crippen LogP contribution in [0.5, 0.6) is 23.0 Å². The number of fused-ring (bicyclic) bond motifs is 26. The van der Waals surface area contributed by atoms with E-state index in [1.165, 1.54) is 142 Å². The maximum Gasteiger partial charge on any atom is 0.256 e. The Hall–Kier alpha value is -11.2. The van der Waals surface area contributed by atoms with E-state index >= 15 is 0 Å². The molecule has 0 saturated carbocycles. The van der Waals surface area contributed by atoms with E-state index in [4.69, 9.17) is 9.47 Å². The molecule has 0 amide bonds. The van der Waals surface area contributed by atoms with Gasteiger partial charge in [0.15, 0.2) is 0 Å². The minimum absolute atomic E-state index is 0.112. The smallest absolute Gasteiger partial charge is 0.256 e. The molecule has 0 aliphatic carbocycles. The third-order valence-electron chi connectivity index (χ3n) is 20.2. The van der Waals surface area contributed by atoms with Crippen molar-refractivity contribution in [2.24, 2.45) is 0 Å². The summed E-state index contributed by atoms with van der Waals surface area (Å²) in [5.74, 6) is 3.54. The van der Waals surface area contributed by atoms with E-state index in [2.05, 4.69) is 273 Å². The van der Waals surface area contributed by atoms with Crippen LogP contribution in [0.15, 0.2) is 255 Å². The average molecular weight is 1090 g/mol. The Morgan fingerprint density at radius 1 is 0.221 bits per heavy atom. The molecule has 0 unspecified atom stereocenters. The minimum Gasteiger partial charge on any atom is -0.458 e. The molecule has 0 bridgehead atoms. The number of ether oxygens (including phenoxy) is 2. The van der Waals surface area contributed by atoms with Gasteiger partial charge in [0, 0.05) is 77.6 Å². The number of para-hydroxylation sites is 8. The normalized spacial score (nSPS) is 13.5. The predicted molar refractivity (Wildman–Crippen MR) is 359 cm³/mol. The Labute approximate surface area is 491 Å². The highest BCUT2D eigenvalue weighted by Crippen LogP contribution is 2.46. The SMILES string of the molecule is c1ccc2c(c1)c1cc3c(cc1c1cc4c(cc21)Oc1cc(-n2c5ccccc5c5ccccc52)cc2c1B4c1cccc4c5ccccc5n-2c14)B1c2c(cc(-n4c5ccccc5c5ccccc54)cc2-n2c4ccccc4c4cccc1c42)O3. The number of aromatic nitrogens is 4. The van der Waals surface area contributed by atoms with Crippen molar-refractivity contribution in [3.63, 3.8) is 0 Å². The fraction of sp³-hybridized carbons (Fsp3) is 0. The Kier molecular flexibility index (Phi) is 8.00. The van der Waals surface area contributed by atoms with E-state index in [0.717, 1.165) is 56.5 Å². The summed E-state index contributed by atoms with van der Waals surface area (Å²) in [6, 6.07) is 95.0. The van der Waals surface area contributed by atoms with Crippen LogP contribution < -0.4 is 42.3 Å². The van der Waals surface area contributed by atoms with Crippen LogP contribution in [-0.2, 0) is 0 Å². The highest BCUT2D eigenvalue weighted by atomic mass is 16.5. The third-order valence-corrected chi connectivity index (χ3v) is 20.2. The first-order chi connectivity index (χ1) is 42.7. The predicted octanol–water partition coefficient (Wildman–Crippen LogP) is 15.4. The Morgan fingerprint density at radius 2 is 0.523 bits per heavy atom. The molecule has 18 aromatic rings. The van der Waals surface area contributed by atoms with Crippen molar-refractivity contribution in [1.82, 2.24) is 18.3 Å². The zero-order valence-corrected chi connectivity index (χ0v) is 46.0. The molecular weight excluding hydrogens is 1050 g/mol. The lowest BCUT2D eigenvalue weighted by molar-refractivity contribution is 0.487. The number of benzene rings is 14. The van der Waals surface area contributed by atoms with Crippen molar-refractivity contribution in [2.45, 2.75) is 0 Å². The summed E-state index contributed by atoms with van der Waals surface area (Å²) in [7, 11) is 0. The molecule has 0 spiro atoms. The molecule has 0 fully saturated rings. The molecule has 0 atom stereocenters. The van der Waals surface area contributed by atoms with Gasteiger partial charge in [0.2, 0.25) is 0 Å². The van der Waals surface area contributed by atoms with Crippen LogP contribution in [0.1, 0.15) is 0 Å². The number of nitrogens with zero attached hydrogens (tertiary/aromatic N) is 4. The van der Waals surface area contributed by atoms with Gasteiger partial charge < -0.3 is 27.7 Å². The Bertz CT molecular complexity index is 5770.